The summed E-state index contributed by atoms with van der Waals surface area (Å²) in [4.78, 5) is 0. The normalized spacial score (nSPS) is 14.5. The van der Waals surface area contributed by atoms with E-state index in [4.69, 9.17) is 0 Å². The first-order chi connectivity index (χ1) is 26.3. The fraction of sp³-hybridized carbons (Fsp3) is 0. The summed E-state index contributed by atoms with van der Waals surface area (Å²) in [5.41, 5.74) is 10.0. The SMILES string of the molecule is c1ccc2c(c1)N(c1cccc3ccccc13)[Si]1(N2c2cccc3ccccc23)n2c3ccccc3c3ccc4ccc5c6ccccc6n1c5c4c32. The Kier molecular flexibility index (Phi) is 5.11. The van der Waals surface area contributed by atoms with Gasteiger partial charge in [0.2, 0.25) is 0 Å². The third kappa shape index (κ3) is 3.20. The standard InChI is InChI=1S/C48H30N4Si/c1-3-17-34-31(13-1)15-11-25-40(34)49-44-23-9-10-24-45(44)50(41-26-12-16-32-14-2-4-18-35(32)41)53(49)51-42-21-7-5-19-36(42)38-29-27-33-28-30-39-37-20-6-8-22-43(37)52(53)48(39)46(33)47(38)51/h1-30H. The quantitative estimate of drug-likeness (QED) is 0.168. The van der Waals surface area contributed by atoms with Crippen molar-refractivity contribution in [1.82, 2.24) is 8.47 Å². The molecule has 2 aliphatic rings. The zero-order valence-corrected chi connectivity index (χ0v) is 29.6. The van der Waals surface area contributed by atoms with Gasteiger partial charge in [0.05, 0.1) is 22.4 Å². The Bertz CT molecular complexity index is 3160. The first-order valence-corrected chi connectivity index (χ1v) is 20.2. The lowest BCUT2D eigenvalue weighted by Crippen LogP contribution is -2.71. The second-order valence-electron chi connectivity index (χ2n) is 14.5. The van der Waals surface area contributed by atoms with E-state index >= 15 is 0 Å². The van der Waals surface area contributed by atoms with Gasteiger partial charge < -0.3 is 17.6 Å². The Morgan fingerprint density at radius 1 is 0.283 bits per heavy atom. The molecule has 13 rings (SSSR count). The van der Waals surface area contributed by atoms with Crippen molar-refractivity contribution >= 4 is 107 Å². The van der Waals surface area contributed by atoms with Crippen LogP contribution in [0.15, 0.2) is 182 Å². The van der Waals surface area contributed by atoms with Crippen LogP contribution in [0.25, 0.3) is 75.9 Å². The molecule has 246 valence electrons. The van der Waals surface area contributed by atoms with Crippen molar-refractivity contribution in [2.45, 2.75) is 0 Å². The molecule has 0 radical (unpaired) electrons. The van der Waals surface area contributed by atoms with Gasteiger partial charge in [0.1, 0.15) is 0 Å². The topological polar surface area (TPSA) is 16.3 Å². The molecule has 2 aliphatic heterocycles. The molecule has 0 bridgehead atoms. The summed E-state index contributed by atoms with van der Waals surface area (Å²) in [5, 5.41) is 12.7. The van der Waals surface area contributed by atoms with Crippen molar-refractivity contribution in [2.75, 3.05) is 9.13 Å². The monoisotopic (exact) mass is 690 g/mol. The molecule has 5 heteroatoms. The van der Waals surface area contributed by atoms with Crippen LogP contribution in [0.4, 0.5) is 22.7 Å². The van der Waals surface area contributed by atoms with E-state index in [2.05, 4.69) is 200 Å². The summed E-state index contributed by atoms with van der Waals surface area (Å²) in [5.74, 6) is 0. The van der Waals surface area contributed by atoms with E-state index in [1.54, 1.807) is 0 Å². The van der Waals surface area contributed by atoms with Crippen molar-refractivity contribution in [2.24, 2.45) is 0 Å². The van der Waals surface area contributed by atoms with E-state index < -0.39 is 8.72 Å². The molecule has 4 nitrogen and oxygen atoms in total. The molecule has 11 aromatic rings. The Labute approximate surface area is 305 Å². The van der Waals surface area contributed by atoms with Gasteiger partial charge in [0.25, 0.3) is 0 Å². The van der Waals surface area contributed by atoms with Crippen molar-refractivity contribution in [3.63, 3.8) is 0 Å². The van der Waals surface area contributed by atoms with E-state index in [9.17, 15) is 0 Å². The minimum Gasteiger partial charge on any atom is -0.314 e. The van der Waals surface area contributed by atoms with E-state index in [-0.39, 0.29) is 0 Å². The van der Waals surface area contributed by atoms with E-state index in [1.807, 2.05) is 0 Å². The highest BCUT2D eigenvalue weighted by atomic mass is 28.4. The maximum atomic E-state index is 2.82. The molecule has 0 atom stereocenters. The molecule has 0 saturated carbocycles. The Morgan fingerprint density at radius 3 is 1.19 bits per heavy atom. The van der Waals surface area contributed by atoms with Gasteiger partial charge in [-0.15, -0.1) is 0 Å². The van der Waals surface area contributed by atoms with Crippen molar-refractivity contribution in [1.29, 1.82) is 0 Å². The third-order valence-corrected chi connectivity index (χ3v) is 16.3. The van der Waals surface area contributed by atoms with Crippen LogP contribution in [0.5, 0.6) is 0 Å². The van der Waals surface area contributed by atoms with Crippen LogP contribution in [0.3, 0.4) is 0 Å². The molecule has 0 amide bonds. The van der Waals surface area contributed by atoms with Crippen LogP contribution >= 0.6 is 0 Å². The largest absolute Gasteiger partial charge is 0.521 e. The summed E-state index contributed by atoms with van der Waals surface area (Å²) in [6.07, 6.45) is 0. The van der Waals surface area contributed by atoms with Crippen molar-refractivity contribution < 1.29 is 0 Å². The van der Waals surface area contributed by atoms with Gasteiger partial charge in [0.15, 0.2) is 0 Å². The predicted molar refractivity (Wildman–Crippen MR) is 225 cm³/mol. The van der Waals surface area contributed by atoms with E-state index in [0.29, 0.717) is 0 Å². The molecule has 0 N–H and O–H groups in total. The smallest absolute Gasteiger partial charge is 0.314 e. The fourth-order valence-corrected chi connectivity index (χ4v) is 15.5. The molecular weight excluding hydrogens is 661 g/mol. The molecule has 1 spiro atoms. The van der Waals surface area contributed by atoms with Gasteiger partial charge in [-0.05, 0) is 52.6 Å². The second-order valence-corrected chi connectivity index (χ2v) is 17.5. The lowest BCUT2D eigenvalue weighted by molar-refractivity contribution is 1.03. The molecule has 0 fully saturated rings. The van der Waals surface area contributed by atoms with Crippen molar-refractivity contribution in [3.8, 4) is 0 Å². The summed E-state index contributed by atoms with van der Waals surface area (Å²) in [7, 11) is -3.55. The number of benzene rings is 9. The number of anilines is 4. The molecule has 0 unspecified atom stereocenters. The highest BCUT2D eigenvalue weighted by Gasteiger charge is 2.64. The molecule has 2 aromatic heterocycles. The summed E-state index contributed by atoms with van der Waals surface area (Å²) in [6, 6.07) is 68.3. The minimum absolute atomic E-state index is 1.21. The number of hydrogen-bond acceptors (Lipinski definition) is 2. The first-order valence-electron chi connectivity index (χ1n) is 18.4. The summed E-state index contributed by atoms with van der Waals surface area (Å²) < 4.78 is 11.2. The maximum absolute atomic E-state index is 3.55. The minimum atomic E-state index is -3.55. The fourth-order valence-electron chi connectivity index (χ4n) is 10.1. The summed E-state index contributed by atoms with van der Waals surface area (Å²) >= 11 is 0. The van der Waals surface area contributed by atoms with Gasteiger partial charge in [-0.3, -0.25) is 0 Å². The summed E-state index contributed by atoms with van der Waals surface area (Å²) in [6.45, 7) is 0. The number of fused-ring (bicyclic) bond motifs is 11. The number of para-hydroxylation sites is 4. The average molecular weight is 691 g/mol. The van der Waals surface area contributed by atoms with Gasteiger partial charge in [-0.2, -0.15) is 0 Å². The molecular formula is C48H30N4Si. The lowest BCUT2D eigenvalue weighted by atomic mass is 10.0. The van der Waals surface area contributed by atoms with Crippen molar-refractivity contribution in [3.05, 3.63) is 182 Å². The molecule has 9 aromatic carbocycles. The Morgan fingerprint density at radius 2 is 0.679 bits per heavy atom. The van der Waals surface area contributed by atoms with Crippen LogP contribution in [0.1, 0.15) is 0 Å². The average Bonchev–Trinajstić information content (AvgIpc) is 3.85. The number of hydrogen-bond donors (Lipinski definition) is 0. The number of aromatic nitrogens is 2. The molecule has 53 heavy (non-hydrogen) atoms. The van der Waals surface area contributed by atoms with E-state index in [0.717, 1.165) is 0 Å². The van der Waals surface area contributed by atoms with Gasteiger partial charge in [-0.1, -0.05) is 146 Å². The zero-order chi connectivity index (χ0) is 34.4. The number of rotatable bonds is 2. The predicted octanol–water partition coefficient (Wildman–Crippen LogP) is 12.5. The highest BCUT2D eigenvalue weighted by Crippen LogP contribution is 2.59. The van der Waals surface area contributed by atoms with Gasteiger partial charge in [-0.25, -0.2) is 0 Å². The molecule has 0 aliphatic carbocycles. The molecule has 4 heterocycles. The second kappa shape index (κ2) is 9.73. The Balaban J connectivity index is 1.37. The van der Waals surface area contributed by atoms with E-state index in [1.165, 1.54) is 98.7 Å². The van der Waals surface area contributed by atoms with Gasteiger partial charge >= 0.3 is 8.72 Å². The van der Waals surface area contributed by atoms with Gasteiger partial charge in [0, 0.05) is 60.1 Å². The van der Waals surface area contributed by atoms with Crippen LogP contribution in [-0.2, 0) is 0 Å². The van der Waals surface area contributed by atoms with Crippen LogP contribution in [-0.4, -0.2) is 17.2 Å². The lowest BCUT2D eigenvalue weighted by Gasteiger charge is -2.47. The maximum Gasteiger partial charge on any atom is 0.521 e. The molecule has 0 saturated heterocycles. The highest BCUT2D eigenvalue weighted by molar-refractivity contribution is 6.92. The zero-order valence-electron chi connectivity index (χ0n) is 28.6. The number of nitrogens with zero attached hydrogens (tertiary/aromatic N) is 4. The van der Waals surface area contributed by atoms with Crippen LogP contribution < -0.4 is 9.13 Å². The van der Waals surface area contributed by atoms with Crippen LogP contribution in [0.2, 0.25) is 0 Å². The third-order valence-electron chi connectivity index (χ3n) is 12.0. The first kappa shape index (κ1) is 27.8. The van der Waals surface area contributed by atoms with Crippen LogP contribution in [0, 0.1) is 0 Å². The Hall–Kier alpha value is -6.82.